The summed E-state index contributed by atoms with van der Waals surface area (Å²) >= 11 is 0. The summed E-state index contributed by atoms with van der Waals surface area (Å²) in [6.45, 7) is 8.20. The average Bonchev–Trinajstić information content (AvgIpc) is 2.91. The van der Waals surface area contributed by atoms with E-state index < -0.39 is 24.2 Å². The molecule has 7 nitrogen and oxygen atoms in total. The lowest BCUT2D eigenvalue weighted by atomic mass is 9.84. The number of aromatic hydroxyl groups is 1. The maximum atomic E-state index is 13.5. The Morgan fingerprint density at radius 1 is 0.850 bits per heavy atom. The molecule has 3 rings (SSSR count). The van der Waals surface area contributed by atoms with Gasteiger partial charge in [-0.15, -0.1) is 0 Å². The Labute approximate surface area is 237 Å². The van der Waals surface area contributed by atoms with Crippen molar-refractivity contribution in [1.29, 1.82) is 0 Å². The van der Waals surface area contributed by atoms with Gasteiger partial charge in [-0.25, -0.2) is 0 Å². The van der Waals surface area contributed by atoms with Gasteiger partial charge in [-0.05, 0) is 59.1 Å². The molecule has 0 aliphatic carbocycles. The number of nitrogens with two attached hydrogens (primary N) is 1. The minimum Gasteiger partial charge on any atom is -0.508 e. The summed E-state index contributed by atoms with van der Waals surface area (Å²) < 4.78 is 11.2. The zero-order valence-electron chi connectivity index (χ0n) is 23.9. The second-order valence-electron chi connectivity index (χ2n) is 10.9. The molecule has 40 heavy (non-hydrogen) atoms. The molecule has 7 heteroatoms. The fourth-order valence-corrected chi connectivity index (χ4v) is 5.07. The molecule has 0 heterocycles. The van der Waals surface area contributed by atoms with Crippen molar-refractivity contribution in [2.75, 3.05) is 6.54 Å². The molecule has 0 fully saturated rings. The van der Waals surface area contributed by atoms with E-state index in [1.165, 1.54) is 0 Å². The molecule has 0 radical (unpaired) electrons. The predicted molar refractivity (Wildman–Crippen MR) is 156 cm³/mol. The number of carbonyl (C=O) groups excluding carboxylic acids is 2. The SMILES string of the molecule is CC(C)C(C(C)C)C(N)OC(=O)[C@H](Cc1ccc(O)cc1Cc1ccccc1)NCC(=O)OCc1ccccc1. The highest BCUT2D eigenvalue weighted by Crippen LogP contribution is 2.25. The van der Waals surface area contributed by atoms with E-state index in [0.717, 1.165) is 22.3 Å². The lowest BCUT2D eigenvalue weighted by Crippen LogP contribution is -2.48. The first-order valence-electron chi connectivity index (χ1n) is 13.9. The van der Waals surface area contributed by atoms with Crippen molar-refractivity contribution >= 4 is 11.9 Å². The van der Waals surface area contributed by atoms with E-state index >= 15 is 0 Å². The van der Waals surface area contributed by atoms with Crippen LogP contribution in [0, 0.1) is 17.8 Å². The van der Waals surface area contributed by atoms with Crippen molar-refractivity contribution < 1.29 is 24.2 Å². The van der Waals surface area contributed by atoms with E-state index in [1.54, 1.807) is 18.2 Å². The highest BCUT2D eigenvalue weighted by molar-refractivity contribution is 5.78. The smallest absolute Gasteiger partial charge is 0.325 e. The van der Waals surface area contributed by atoms with Crippen LogP contribution in [-0.4, -0.2) is 35.9 Å². The van der Waals surface area contributed by atoms with Crippen molar-refractivity contribution in [3.63, 3.8) is 0 Å². The molecule has 0 spiro atoms. The monoisotopic (exact) mass is 546 g/mol. The number of hydrogen-bond acceptors (Lipinski definition) is 7. The highest BCUT2D eigenvalue weighted by atomic mass is 16.6. The van der Waals surface area contributed by atoms with Crippen LogP contribution < -0.4 is 11.1 Å². The summed E-state index contributed by atoms with van der Waals surface area (Å²) in [7, 11) is 0. The first-order valence-corrected chi connectivity index (χ1v) is 13.9. The largest absolute Gasteiger partial charge is 0.508 e. The second kappa shape index (κ2) is 15.2. The van der Waals surface area contributed by atoms with Crippen LogP contribution in [0.15, 0.2) is 78.9 Å². The Morgan fingerprint density at radius 3 is 2.05 bits per heavy atom. The van der Waals surface area contributed by atoms with Gasteiger partial charge in [-0.1, -0.05) is 94.4 Å². The number of nitrogens with one attached hydrogen (secondary N) is 1. The summed E-state index contributed by atoms with van der Waals surface area (Å²) in [4.78, 5) is 26.0. The summed E-state index contributed by atoms with van der Waals surface area (Å²) in [6.07, 6.45) is 0.0345. The van der Waals surface area contributed by atoms with Crippen molar-refractivity contribution in [3.8, 4) is 5.75 Å². The zero-order valence-corrected chi connectivity index (χ0v) is 23.9. The van der Waals surface area contributed by atoms with E-state index in [0.29, 0.717) is 6.42 Å². The van der Waals surface area contributed by atoms with Gasteiger partial charge in [0.1, 0.15) is 18.4 Å². The molecule has 0 bridgehead atoms. The van der Waals surface area contributed by atoms with Gasteiger partial charge in [0, 0.05) is 5.92 Å². The van der Waals surface area contributed by atoms with Crippen molar-refractivity contribution in [2.45, 2.75) is 59.4 Å². The van der Waals surface area contributed by atoms with Crippen LogP contribution in [0.2, 0.25) is 0 Å². The Hall–Kier alpha value is -3.68. The molecule has 3 aromatic rings. The first kappa shape index (κ1) is 30.9. The Kier molecular flexibility index (Phi) is 11.7. The van der Waals surface area contributed by atoms with Crippen LogP contribution in [-0.2, 0) is 38.5 Å². The lowest BCUT2D eigenvalue weighted by molar-refractivity contribution is -0.156. The number of carbonyl (C=O) groups is 2. The maximum absolute atomic E-state index is 13.5. The van der Waals surface area contributed by atoms with Crippen molar-refractivity contribution in [1.82, 2.24) is 5.32 Å². The van der Waals surface area contributed by atoms with Gasteiger partial charge in [0.2, 0.25) is 0 Å². The molecule has 0 aliphatic heterocycles. The second-order valence-corrected chi connectivity index (χ2v) is 10.9. The summed E-state index contributed by atoms with van der Waals surface area (Å²) in [5.41, 5.74) is 10.1. The van der Waals surface area contributed by atoms with Gasteiger partial charge in [0.05, 0.1) is 6.54 Å². The van der Waals surface area contributed by atoms with Crippen LogP contribution in [0.1, 0.15) is 49.9 Å². The van der Waals surface area contributed by atoms with E-state index in [9.17, 15) is 14.7 Å². The number of phenols is 1. The molecule has 1 unspecified atom stereocenters. The van der Waals surface area contributed by atoms with Crippen molar-refractivity contribution in [3.05, 3.63) is 101 Å². The fraction of sp³-hybridized carbons (Fsp3) is 0.394. The lowest BCUT2D eigenvalue weighted by Gasteiger charge is -2.31. The van der Waals surface area contributed by atoms with Crippen LogP contribution in [0.4, 0.5) is 0 Å². The quantitative estimate of drug-likeness (QED) is 0.193. The number of benzene rings is 3. The third kappa shape index (κ3) is 9.50. The zero-order chi connectivity index (χ0) is 29.1. The van der Waals surface area contributed by atoms with Gasteiger partial charge >= 0.3 is 11.9 Å². The minimum absolute atomic E-state index is 0.0252. The topological polar surface area (TPSA) is 111 Å². The molecule has 214 valence electrons. The van der Waals surface area contributed by atoms with E-state index in [-0.39, 0.29) is 43.1 Å². The molecule has 0 saturated heterocycles. The standard InChI is InChI=1S/C33H42N2O5/c1-22(2)31(23(3)4)32(34)40-33(38)29(35-20-30(37)39-21-25-13-9-6-10-14-25)19-26-15-16-28(36)18-27(26)17-24-11-7-5-8-12-24/h5-16,18,22-23,29,31-32,35-36H,17,19-21,34H2,1-4H3/t29-,32?/m0/s1. The molecule has 0 aliphatic rings. The summed E-state index contributed by atoms with van der Waals surface area (Å²) in [6, 6.07) is 23.5. The highest BCUT2D eigenvalue weighted by Gasteiger charge is 2.31. The number of ether oxygens (including phenoxy) is 2. The molecule has 0 amide bonds. The van der Waals surface area contributed by atoms with Gasteiger partial charge in [0.25, 0.3) is 0 Å². The van der Waals surface area contributed by atoms with Gasteiger partial charge < -0.3 is 14.6 Å². The summed E-state index contributed by atoms with van der Waals surface area (Å²) in [5.74, 6) is -0.460. The molecule has 0 saturated carbocycles. The summed E-state index contributed by atoms with van der Waals surface area (Å²) in [5, 5.41) is 13.2. The average molecular weight is 547 g/mol. The van der Waals surface area contributed by atoms with E-state index in [2.05, 4.69) is 33.0 Å². The van der Waals surface area contributed by atoms with Gasteiger partial charge in [-0.2, -0.15) is 0 Å². The van der Waals surface area contributed by atoms with Crippen LogP contribution in [0.25, 0.3) is 0 Å². The van der Waals surface area contributed by atoms with Gasteiger partial charge in [0.15, 0.2) is 6.23 Å². The Bertz CT molecular complexity index is 1210. The van der Waals surface area contributed by atoms with Gasteiger partial charge in [-0.3, -0.25) is 20.6 Å². The third-order valence-electron chi connectivity index (χ3n) is 7.04. The maximum Gasteiger partial charge on any atom is 0.325 e. The molecule has 3 aromatic carbocycles. The van der Waals surface area contributed by atoms with Crippen molar-refractivity contribution in [2.24, 2.45) is 23.5 Å². The molecular weight excluding hydrogens is 504 g/mol. The van der Waals surface area contributed by atoms with E-state index in [4.69, 9.17) is 15.2 Å². The Morgan fingerprint density at radius 2 is 1.45 bits per heavy atom. The number of rotatable bonds is 14. The van der Waals surface area contributed by atoms with E-state index in [1.807, 2.05) is 60.7 Å². The van der Waals surface area contributed by atoms with Crippen LogP contribution in [0.3, 0.4) is 0 Å². The number of phenolic OH excluding ortho intramolecular Hbond substituents is 1. The molecule has 4 N–H and O–H groups in total. The normalized spacial score (nSPS) is 12.9. The third-order valence-corrected chi connectivity index (χ3v) is 7.04. The molecule has 2 atom stereocenters. The minimum atomic E-state index is -0.852. The van der Waals surface area contributed by atoms with Crippen LogP contribution >= 0.6 is 0 Å². The van der Waals surface area contributed by atoms with Crippen LogP contribution in [0.5, 0.6) is 5.75 Å². The predicted octanol–water partition coefficient (Wildman–Crippen LogP) is 4.98. The Balaban J connectivity index is 1.77. The number of esters is 2. The first-order chi connectivity index (χ1) is 19.1. The fourth-order valence-electron chi connectivity index (χ4n) is 5.07. The number of hydrogen-bond donors (Lipinski definition) is 3. The molecular formula is C33H42N2O5. The molecule has 0 aromatic heterocycles.